The number of nitrogens with zero attached hydrogens (tertiary/aromatic N) is 2. The van der Waals surface area contributed by atoms with E-state index in [0.29, 0.717) is 35.4 Å². The largest absolute Gasteiger partial charge is 0.497 e. The lowest BCUT2D eigenvalue weighted by atomic mass is 10.2. The minimum absolute atomic E-state index is 0.00984. The summed E-state index contributed by atoms with van der Waals surface area (Å²) in [5, 5.41) is 0. The molecule has 0 unspecified atom stereocenters. The number of hydrogen-bond acceptors (Lipinski definition) is 6. The highest BCUT2D eigenvalue weighted by atomic mass is 32.2. The lowest BCUT2D eigenvalue weighted by Gasteiger charge is -2.24. The Kier molecular flexibility index (Phi) is 6.88. The van der Waals surface area contributed by atoms with Crippen molar-refractivity contribution in [1.29, 1.82) is 0 Å². The van der Waals surface area contributed by atoms with Crippen LogP contribution in [0.25, 0.3) is 11.5 Å². The fourth-order valence-corrected chi connectivity index (χ4v) is 4.92. The highest BCUT2D eigenvalue weighted by Crippen LogP contribution is 2.30. The summed E-state index contributed by atoms with van der Waals surface area (Å²) in [5.74, 6) is 2.36. The lowest BCUT2D eigenvalue weighted by Crippen LogP contribution is -2.31. The van der Waals surface area contributed by atoms with Crippen molar-refractivity contribution >= 4 is 15.7 Å². The monoisotopic (exact) mass is 478 g/mol. The van der Waals surface area contributed by atoms with Gasteiger partial charge in [0.2, 0.25) is 5.89 Å². The van der Waals surface area contributed by atoms with Crippen molar-refractivity contribution in [1.82, 2.24) is 4.98 Å². The molecule has 34 heavy (non-hydrogen) atoms. The molecule has 0 aliphatic carbocycles. The van der Waals surface area contributed by atoms with Gasteiger partial charge in [-0.1, -0.05) is 18.2 Å². The molecule has 1 aromatic heterocycles. The van der Waals surface area contributed by atoms with Gasteiger partial charge in [0.1, 0.15) is 23.0 Å². The van der Waals surface area contributed by atoms with Gasteiger partial charge in [-0.2, -0.15) is 0 Å². The maximum atomic E-state index is 13.6. The summed E-state index contributed by atoms with van der Waals surface area (Å²) in [7, 11) is -2.30. The van der Waals surface area contributed by atoms with Crippen LogP contribution in [0.3, 0.4) is 0 Å². The fraction of sp³-hybridized carbons (Fsp3) is 0.192. The van der Waals surface area contributed by atoms with Crippen molar-refractivity contribution in [3.05, 3.63) is 90.3 Å². The van der Waals surface area contributed by atoms with Gasteiger partial charge >= 0.3 is 0 Å². The summed E-state index contributed by atoms with van der Waals surface area (Å²) in [6.45, 7) is 4.30. The zero-order valence-corrected chi connectivity index (χ0v) is 20.1. The van der Waals surface area contributed by atoms with Gasteiger partial charge in [0.25, 0.3) is 10.0 Å². The molecule has 0 saturated carbocycles. The summed E-state index contributed by atoms with van der Waals surface area (Å²) < 4.78 is 45.1. The van der Waals surface area contributed by atoms with Crippen LogP contribution in [-0.4, -0.2) is 27.1 Å². The Morgan fingerprint density at radius 1 is 0.912 bits per heavy atom. The number of rotatable bonds is 9. The summed E-state index contributed by atoms with van der Waals surface area (Å²) in [4.78, 5) is 4.82. The van der Waals surface area contributed by atoms with Gasteiger partial charge in [0, 0.05) is 5.56 Å². The van der Waals surface area contributed by atoms with Gasteiger partial charge in [-0.05, 0) is 74.5 Å². The molecule has 4 aromatic rings. The number of sulfonamides is 1. The standard InChI is InChI=1S/C26H26N2O5S/c1-4-32-23-14-10-20(11-15-23)26-27-25(19(2)33-26)18-28(21-12-16-22(31-3)17-13-21)34(29,30)24-8-6-5-7-9-24/h5-17H,4,18H2,1-3H3. The van der Waals surface area contributed by atoms with Gasteiger partial charge < -0.3 is 13.9 Å². The second kappa shape index (κ2) is 10.0. The summed E-state index contributed by atoms with van der Waals surface area (Å²) >= 11 is 0. The van der Waals surface area contributed by atoms with Crippen LogP contribution in [0.2, 0.25) is 0 Å². The van der Waals surface area contributed by atoms with E-state index in [0.717, 1.165) is 11.3 Å². The van der Waals surface area contributed by atoms with E-state index in [2.05, 4.69) is 4.98 Å². The molecule has 8 heteroatoms. The normalized spacial score (nSPS) is 11.3. The Bertz CT molecular complexity index is 1330. The first-order valence-corrected chi connectivity index (χ1v) is 12.3. The van der Waals surface area contributed by atoms with E-state index < -0.39 is 10.0 Å². The Morgan fingerprint density at radius 2 is 1.56 bits per heavy atom. The maximum absolute atomic E-state index is 13.6. The van der Waals surface area contributed by atoms with Gasteiger partial charge in [-0.15, -0.1) is 0 Å². The lowest BCUT2D eigenvalue weighted by molar-refractivity contribution is 0.340. The van der Waals surface area contributed by atoms with Crippen LogP contribution in [0.15, 0.2) is 88.2 Å². The number of aromatic nitrogens is 1. The average molecular weight is 479 g/mol. The molecule has 0 aliphatic heterocycles. The SMILES string of the molecule is CCOc1ccc(-c2nc(CN(c3ccc(OC)cc3)S(=O)(=O)c3ccccc3)c(C)o2)cc1. The zero-order valence-electron chi connectivity index (χ0n) is 19.3. The smallest absolute Gasteiger partial charge is 0.264 e. The fourth-order valence-electron chi connectivity index (χ4n) is 3.48. The molecule has 0 fully saturated rings. The molecular formula is C26H26N2O5S. The molecule has 1 heterocycles. The van der Waals surface area contributed by atoms with E-state index in [-0.39, 0.29) is 11.4 Å². The second-order valence-electron chi connectivity index (χ2n) is 7.50. The number of aryl methyl sites for hydroxylation is 1. The minimum Gasteiger partial charge on any atom is -0.497 e. The van der Waals surface area contributed by atoms with Crippen molar-refractivity contribution < 1.29 is 22.3 Å². The van der Waals surface area contributed by atoms with Crippen molar-refractivity contribution in [2.45, 2.75) is 25.3 Å². The van der Waals surface area contributed by atoms with Crippen molar-refractivity contribution in [2.75, 3.05) is 18.0 Å². The van der Waals surface area contributed by atoms with E-state index in [4.69, 9.17) is 13.9 Å². The summed E-state index contributed by atoms with van der Waals surface area (Å²) in [6.07, 6.45) is 0. The molecule has 0 spiro atoms. The molecule has 0 radical (unpaired) electrons. The van der Waals surface area contributed by atoms with Gasteiger partial charge in [-0.3, -0.25) is 4.31 Å². The Balaban J connectivity index is 1.70. The quantitative estimate of drug-likeness (QED) is 0.318. The van der Waals surface area contributed by atoms with E-state index in [1.807, 2.05) is 31.2 Å². The predicted molar refractivity (Wildman–Crippen MR) is 131 cm³/mol. The first kappa shape index (κ1) is 23.4. The first-order valence-electron chi connectivity index (χ1n) is 10.8. The van der Waals surface area contributed by atoms with Crippen LogP contribution in [0.1, 0.15) is 18.4 Å². The third-order valence-corrected chi connectivity index (χ3v) is 7.08. The highest BCUT2D eigenvalue weighted by Gasteiger charge is 2.27. The number of methoxy groups -OCH3 is 1. The summed E-state index contributed by atoms with van der Waals surface area (Å²) in [5.41, 5.74) is 1.80. The molecule has 0 amide bonds. The van der Waals surface area contributed by atoms with Gasteiger partial charge in [-0.25, -0.2) is 13.4 Å². The number of anilines is 1. The second-order valence-corrected chi connectivity index (χ2v) is 9.36. The van der Waals surface area contributed by atoms with Crippen LogP contribution in [0.5, 0.6) is 11.5 Å². The predicted octanol–water partition coefficient (Wildman–Crippen LogP) is 5.45. The molecule has 0 bridgehead atoms. The zero-order chi connectivity index (χ0) is 24.1. The van der Waals surface area contributed by atoms with Gasteiger partial charge in [0.05, 0.1) is 30.8 Å². The molecule has 0 saturated heterocycles. The van der Waals surface area contributed by atoms with Gasteiger partial charge in [0.15, 0.2) is 0 Å². The van der Waals surface area contributed by atoms with E-state index in [9.17, 15) is 8.42 Å². The molecule has 0 N–H and O–H groups in total. The number of hydrogen-bond donors (Lipinski definition) is 0. The Morgan fingerprint density at radius 3 is 2.18 bits per heavy atom. The number of benzene rings is 3. The van der Waals surface area contributed by atoms with Crippen LogP contribution in [0.4, 0.5) is 5.69 Å². The highest BCUT2D eigenvalue weighted by molar-refractivity contribution is 7.92. The number of oxazole rings is 1. The molecular weight excluding hydrogens is 452 g/mol. The van der Waals surface area contributed by atoms with E-state index in [1.165, 1.54) is 4.31 Å². The van der Waals surface area contributed by atoms with Crippen molar-refractivity contribution in [3.8, 4) is 23.0 Å². The Labute approximate surface area is 199 Å². The van der Waals surface area contributed by atoms with Crippen molar-refractivity contribution in [3.63, 3.8) is 0 Å². The van der Waals surface area contributed by atoms with E-state index >= 15 is 0 Å². The van der Waals surface area contributed by atoms with Crippen molar-refractivity contribution in [2.24, 2.45) is 0 Å². The first-order chi connectivity index (χ1) is 16.4. The average Bonchev–Trinajstić information content (AvgIpc) is 3.24. The molecule has 4 rings (SSSR count). The number of ether oxygens (including phenoxy) is 2. The minimum atomic E-state index is -3.86. The van der Waals surface area contributed by atoms with Crippen LogP contribution in [-0.2, 0) is 16.6 Å². The third kappa shape index (κ3) is 4.92. The van der Waals surface area contributed by atoms with Crippen LogP contribution in [0, 0.1) is 6.92 Å². The van der Waals surface area contributed by atoms with Crippen LogP contribution >= 0.6 is 0 Å². The topological polar surface area (TPSA) is 81.9 Å². The molecule has 0 aliphatic rings. The van der Waals surface area contributed by atoms with Crippen LogP contribution < -0.4 is 13.8 Å². The molecule has 176 valence electrons. The summed E-state index contributed by atoms with van der Waals surface area (Å²) in [6, 6.07) is 22.6. The molecule has 7 nitrogen and oxygen atoms in total. The Hall–Kier alpha value is -3.78. The van der Waals surface area contributed by atoms with E-state index in [1.54, 1.807) is 68.6 Å². The third-order valence-electron chi connectivity index (χ3n) is 5.29. The molecule has 3 aromatic carbocycles. The maximum Gasteiger partial charge on any atom is 0.264 e. The molecule has 0 atom stereocenters.